The summed E-state index contributed by atoms with van der Waals surface area (Å²) in [7, 11) is 0. The molecule has 0 atom stereocenters. The minimum absolute atomic E-state index is 0.0620. The molecule has 29 heavy (non-hydrogen) atoms. The van der Waals surface area contributed by atoms with Crippen LogP contribution in [-0.2, 0) is 12.0 Å². The zero-order chi connectivity index (χ0) is 20.5. The van der Waals surface area contributed by atoms with Gasteiger partial charge in [-0.1, -0.05) is 35.5 Å². The molecular formula is C19H18F3N5O2. The average Bonchev–Trinajstić information content (AvgIpc) is 3.23. The molecule has 0 aliphatic carbocycles. The molecule has 1 N–H and O–H groups in total. The van der Waals surface area contributed by atoms with E-state index in [1.54, 1.807) is 47.4 Å². The first-order chi connectivity index (χ1) is 13.9. The Morgan fingerprint density at radius 2 is 1.76 bits per heavy atom. The number of piperidine rings is 1. The maximum Gasteiger partial charge on any atom is 0.398 e. The molecule has 3 heterocycles. The second-order valence-corrected chi connectivity index (χ2v) is 6.88. The molecule has 152 valence electrons. The van der Waals surface area contributed by atoms with Crippen LogP contribution < -0.4 is 4.90 Å². The number of aliphatic hydroxyl groups is 1. The van der Waals surface area contributed by atoms with E-state index in [0.717, 1.165) is 0 Å². The minimum atomic E-state index is -4.33. The molecule has 0 radical (unpaired) electrons. The maximum atomic E-state index is 14.0. The Balaban J connectivity index is 1.51. The van der Waals surface area contributed by atoms with E-state index in [1.807, 2.05) is 0 Å². The third-order valence-electron chi connectivity index (χ3n) is 5.29. The highest BCUT2D eigenvalue weighted by molar-refractivity contribution is 5.50. The third kappa shape index (κ3) is 3.55. The molecule has 1 fully saturated rings. The average molecular weight is 405 g/mol. The molecule has 0 amide bonds. The van der Waals surface area contributed by atoms with Gasteiger partial charge in [0.05, 0.1) is 5.41 Å². The fourth-order valence-corrected chi connectivity index (χ4v) is 3.64. The zero-order valence-electron chi connectivity index (χ0n) is 15.3. The molecule has 0 saturated carbocycles. The third-order valence-corrected chi connectivity index (χ3v) is 5.29. The first-order valence-electron chi connectivity index (χ1n) is 9.08. The first-order valence-corrected chi connectivity index (χ1v) is 9.08. The van der Waals surface area contributed by atoms with Crippen molar-refractivity contribution in [3.05, 3.63) is 53.9 Å². The van der Waals surface area contributed by atoms with Crippen molar-refractivity contribution in [1.29, 1.82) is 0 Å². The summed E-state index contributed by atoms with van der Waals surface area (Å²) >= 11 is 0. The van der Waals surface area contributed by atoms with Gasteiger partial charge in [-0.2, -0.15) is 18.2 Å². The number of alkyl halides is 3. The Morgan fingerprint density at radius 1 is 1.03 bits per heavy atom. The standard InChI is InChI=1S/C19H18F3N5O2/c20-19(21,22)18(13-4-2-1-3-5-13)8-10-27(11-9-18)16-7-6-14(24-25-16)17-23-15(12-28)26-29-17/h1-7,28H,8-12H2. The van der Waals surface area contributed by atoms with E-state index in [9.17, 15) is 13.2 Å². The van der Waals surface area contributed by atoms with E-state index in [2.05, 4.69) is 20.3 Å². The van der Waals surface area contributed by atoms with Crippen molar-refractivity contribution in [2.24, 2.45) is 0 Å². The van der Waals surface area contributed by atoms with Gasteiger partial charge in [-0.15, -0.1) is 10.2 Å². The lowest BCUT2D eigenvalue weighted by molar-refractivity contribution is -0.196. The maximum absolute atomic E-state index is 14.0. The number of aromatic nitrogens is 4. The Bertz CT molecular complexity index is 952. The van der Waals surface area contributed by atoms with E-state index in [0.29, 0.717) is 17.1 Å². The number of nitrogens with zero attached hydrogens (tertiary/aromatic N) is 5. The van der Waals surface area contributed by atoms with E-state index in [4.69, 9.17) is 9.63 Å². The summed E-state index contributed by atoms with van der Waals surface area (Å²) in [5, 5.41) is 20.7. The normalized spacial score (nSPS) is 16.8. The topological polar surface area (TPSA) is 88.2 Å². The van der Waals surface area contributed by atoms with Crippen molar-refractivity contribution in [2.45, 2.75) is 31.0 Å². The molecule has 3 aromatic rings. The highest BCUT2D eigenvalue weighted by Gasteiger charge is 2.56. The number of rotatable bonds is 4. The van der Waals surface area contributed by atoms with Gasteiger partial charge in [0.25, 0.3) is 5.89 Å². The van der Waals surface area contributed by atoms with Gasteiger partial charge < -0.3 is 14.5 Å². The lowest BCUT2D eigenvalue weighted by Crippen LogP contribution is -2.51. The van der Waals surface area contributed by atoms with E-state index >= 15 is 0 Å². The molecule has 0 bridgehead atoms. The van der Waals surface area contributed by atoms with Gasteiger partial charge in [-0.25, -0.2) is 0 Å². The van der Waals surface area contributed by atoms with Crippen LogP contribution in [0, 0.1) is 0 Å². The van der Waals surface area contributed by atoms with Gasteiger partial charge in [-0.3, -0.25) is 0 Å². The lowest BCUT2D eigenvalue weighted by Gasteiger charge is -2.43. The summed E-state index contributed by atoms with van der Waals surface area (Å²) in [6.45, 7) is 0.0560. The van der Waals surface area contributed by atoms with Gasteiger partial charge in [0.1, 0.15) is 6.61 Å². The largest absolute Gasteiger partial charge is 0.398 e. The Hall–Kier alpha value is -3.01. The number of benzene rings is 1. The van der Waals surface area contributed by atoms with Crippen LogP contribution in [0.15, 0.2) is 47.0 Å². The van der Waals surface area contributed by atoms with Crippen molar-refractivity contribution in [2.75, 3.05) is 18.0 Å². The molecule has 0 unspecified atom stereocenters. The van der Waals surface area contributed by atoms with Gasteiger partial charge in [0.15, 0.2) is 17.3 Å². The van der Waals surface area contributed by atoms with Crippen LogP contribution in [0.2, 0.25) is 0 Å². The molecule has 1 saturated heterocycles. The van der Waals surface area contributed by atoms with Crippen LogP contribution in [0.4, 0.5) is 19.0 Å². The summed E-state index contributed by atoms with van der Waals surface area (Å²) in [6, 6.07) is 11.4. The number of hydrogen-bond donors (Lipinski definition) is 1. The van der Waals surface area contributed by atoms with Gasteiger partial charge in [0.2, 0.25) is 0 Å². The monoisotopic (exact) mass is 405 g/mol. The zero-order valence-corrected chi connectivity index (χ0v) is 15.3. The van der Waals surface area contributed by atoms with Crippen LogP contribution in [-0.4, -0.2) is 44.7 Å². The van der Waals surface area contributed by atoms with E-state index < -0.39 is 11.6 Å². The molecule has 0 spiro atoms. The summed E-state index contributed by atoms with van der Waals surface area (Å²) in [5.74, 6) is 0.734. The molecule has 10 heteroatoms. The van der Waals surface area contributed by atoms with E-state index in [-0.39, 0.29) is 44.3 Å². The van der Waals surface area contributed by atoms with Crippen LogP contribution in [0.3, 0.4) is 0 Å². The van der Waals surface area contributed by atoms with Gasteiger partial charge in [0, 0.05) is 13.1 Å². The van der Waals surface area contributed by atoms with E-state index in [1.165, 1.54) is 0 Å². The van der Waals surface area contributed by atoms with Gasteiger partial charge >= 0.3 is 6.18 Å². The van der Waals surface area contributed by atoms with Crippen LogP contribution in [0.1, 0.15) is 24.2 Å². The smallest absolute Gasteiger partial charge is 0.388 e. The molecule has 2 aromatic heterocycles. The molecule has 4 rings (SSSR count). The predicted molar refractivity (Wildman–Crippen MR) is 96.9 cm³/mol. The summed E-state index contributed by atoms with van der Waals surface area (Å²) in [6.07, 6.45) is -4.46. The number of halogens is 3. The van der Waals surface area contributed by atoms with Crippen molar-refractivity contribution in [1.82, 2.24) is 20.3 Å². The molecule has 1 aliphatic heterocycles. The molecule has 1 aliphatic rings. The van der Waals surface area contributed by atoms with Crippen LogP contribution in [0.5, 0.6) is 0 Å². The second kappa shape index (κ2) is 7.43. The van der Waals surface area contributed by atoms with Crippen molar-refractivity contribution in [3.8, 4) is 11.6 Å². The fraction of sp³-hybridized carbons (Fsp3) is 0.368. The van der Waals surface area contributed by atoms with Crippen molar-refractivity contribution < 1.29 is 22.8 Å². The Labute approximate surface area is 164 Å². The number of anilines is 1. The predicted octanol–water partition coefficient (Wildman–Crippen LogP) is 3.12. The quantitative estimate of drug-likeness (QED) is 0.713. The molecular weight excluding hydrogens is 387 g/mol. The van der Waals surface area contributed by atoms with Crippen LogP contribution >= 0.6 is 0 Å². The highest BCUT2D eigenvalue weighted by atomic mass is 19.4. The molecule has 7 nitrogen and oxygen atoms in total. The second-order valence-electron chi connectivity index (χ2n) is 6.88. The number of aliphatic hydroxyl groups excluding tert-OH is 1. The Kier molecular flexibility index (Phi) is 4.95. The van der Waals surface area contributed by atoms with Crippen molar-refractivity contribution >= 4 is 5.82 Å². The Morgan fingerprint density at radius 3 is 2.31 bits per heavy atom. The summed E-state index contributed by atoms with van der Waals surface area (Å²) < 4.78 is 47.0. The summed E-state index contributed by atoms with van der Waals surface area (Å²) in [4.78, 5) is 5.74. The first kappa shape index (κ1) is 19.3. The molecule has 1 aromatic carbocycles. The summed E-state index contributed by atoms with van der Waals surface area (Å²) in [5.41, 5.74) is -1.24. The van der Waals surface area contributed by atoms with Crippen molar-refractivity contribution in [3.63, 3.8) is 0 Å². The fourth-order valence-electron chi connectivity index (χ4n) is 3.64. The minimum Gasteiger partial charge on any atom is -0.388 e. The van der Waals surface area contributed by atoms with Gasteiger partial charge in [-0.05, 0) is 30.5 Å². The SMILES string of the molecule is OCc1noc(-c2ccc(N3CCC(c4ccccc4)(C(F)(F)F)CC3)nn2)n1. The number of hydrogen-bond acceptors (Lipinski definition) is 7. The lowest BCUT2D eigenvalue weighted by atomic mass is 9.72. The van der Waals surface area contributed by atoms with Crippen LogP contribution in [0.25, 0.3) is 11.6 Å². The highest BCUT2D eigenvalue weighted by Crippen LogP contribution is 2.48.